The molecule has 0 amide bonds. The minimum Gasteiger partial charge on any atom is -0.296 e. The van der Waals surface area contributed by atoms with Crippen LogP contribution in [0.4, 0.5) is 0 Å². The molecular weight excluding hydrogens is 386 g/mol. The molecule has 2 aromatic heterocycles. The predicted octanol–water partition coefficient (Wildman–Crippen LogP) is 5.98. The maximum atomic E-state index is 4.97. The summed E-state index contributed by atoms with van der Waals surface area (Å²) in [5, 5.41) is 0. The van der Waals surface area contributed by atoms with Crippen LogP contribution in [0.2, 0.25) is 0 Å². The normalized spacial score (nSPS) is 11.3. The molecule has 2 heterocycles. The van der Waals surface area contributed by atoms with Crippen molar-refractivity contribution < 1.29 is 0 Å². The van der Waals surface area contributed by atoms with Gasteiger partial charge in [0.2, 0.25) is 0 Å². The van der Waals surface area contributed by atoms with Gasteiger partial charge in [-0.3, -0.25) is 4.40 Å². The van der Waals surface area contributed by atoms with E-state index < -0.39 is 0 Å². The van der Waals surface area contributed by atoms with Gasteiger partial charge in [-0.15, -0.1) is 0 Å². The van der Waals surface area contributed by atoms with Crippen molar-refractivity contribution in [2.45, 2.75) is 0 Å². The van der Waals surface area contributed by atoms with Crippen molar-refractivity contribution in [1.29, 1.82) is 0 Å². The number of benzene rings is 3. The number of imidazole rings is 1. The lowest BCUT2D eigenvalue weighted by molar-refractivity contribution is 1.16. The molecule has 3 aromatic carbocycles. The first-order chi connectivity index (χ1) is 12.8. The molecule has 5 rings (SSSR count). The topological polar surface area (TPSA) is 30.2 Å². The Balaban J connectivity index is 1.87. The Morgan fingerprint density at radius 1 is 0.692 bits per heavy atom. The van der Waals surface area contributed by atoms with Crippen LogP contribution < -0.4 is 0 Å². The van der Waals surface area contributed by atoms with Gasteiger partial charge in [-0.2, -0.15) is 0 Å². The minimum absolute atomic E-state index is 0.873. The average molecular weight is 400 g/mol. The number of nitrogens with zero attached hydrogens (tertiary/aromatic N) is 3. The van der Waals surface area contributed by atoms with Crippen LogP contribution in [0.15, 0.2) is 89.5 Å². The van der Waals surface area contributed by atoms with Gasteiger partial charge in [-0.05, 0) is 24.3 Å². The van der Waals surface area contributed by atoms with Crippen molar-refractivity contribution in [3.63, 3.8) is 0 Å². The van der Waals surface area contributed by atoms with Crippen LogP contribution in [0, 0.1) is 0 Å². The third-order valence-corrected chi connectivity index (χ3v) is 5.01. The first kappa shape index (κ1) is 15.3. The summed E-state index contributed by atoms with van der Waals surface area (Å²) in [6.07, 6.45) is 2.07. The molecule has 0 atom stereocenters. The average Bonchev–Trinajstić information content (AvgIpc) is 3.07. The highest BCUT2D eigenvalue weighted by Crippen LogP contribution is 2.29. The number of fused-ring (bicyclic) bond motifs is 3. The van der Waals surface area contributed by atoms with E-state index in [2.05, 4.69) is 56.9 Å². The van der Waals surface area contributed by atoms with Gasteiger partial charge in [0, 0.05) is 21.8 Å². The van der Waals surface area contributed by atoms with Crippen LogP contribution in [0.5, 0.6) is 0 Å². The van der Waals surface area contributed by atoms with Crippen LogP contribution >= 0.6 is 15.9 Å². The van der Waals surface area contributed by atoms with E-state index in [4.69, 9.17) is 9.97 Å². The van der Waals surface area contributed by atoms with Crippen molar-refractivity contribution in [3.05, 3.63) is 89.5 Å². The highest BCUT2D eigenvalue weighted by molar-refractivity contribution is 9.10. The Morgan fingerprint density at radius 3 is 2.23 bits per heavy atom. The van der Waals surface area contributed by atoms with Gasteiger partial charge >= 0.3 is 0 Å². The highest BCUT2D eigenvalue weighted by atomic mass is 79.9. The molecule has 0 aliphatic rings. The number of halogens is 1. The molecule has 0 saturated carbocycles. The molecule has 3 nitrogen and oxygen atoms in total. The van der Waals surface area contributed by atoms with Crippen molar-refractivity contribution in [1.82, 2.24) is 14.4 Å². The first-order valence-electron chi connectivity index (χ1n) is 8.39. The fourth-order valence-electron chi connectivity index (χ4n) is 3.21. The van der Waals surface area contributed by atoms with Crippen LogP contribution in [0.1, 0.15) is 0 Å². The van der Waals surface area contributed by atoms with E-state index >= 15 is 0 Å². The summed E-state index contributed by atoms with van der Waals surface area (Å²) in [4.78, 5) is 9.80. The van der Waals surface area contributed by atoms with Gasteiger partial charge in [0.25, 0.3) is 0 Å². The van der Waals surface area contributed by atoms with Crippen LogP contribution in [-0.2, 0) is 0 Å². The summed E-state index contributed by atoms with van der Waals surface area (Å²) in [7, 11) is 0. The maximum absolute atomic E-state index is 4.97. The fourth-order valence-corrected chi connectivity index (χ4v) is 3.48. The lowest BCUT2D eigenvalue weighted by Gasteiger charge is -2.08. The summed E-state index contributed by atoms with van der Waals surface area (Å²) in [5.74, 6) is 0. The molecule has 124 valence electrons. The van der Waals surface area contributed by atoms with Crippen LogP contribution in [0.3, 0.4) is 0 Å². The summed E-state index contributed by atoms with van der Waals surface area (Å²) >= 11 is 3.50. The molecule has 0 fully saturated rings. The second-order valence-corrected chi connectivity index (χ2v) is 7.06. The zero-order chi connectivity index (χ0) is 17.5. The van der Waals surface area contributed by atoms with E-state index in [1.165, 1.54) is 0 Å². The maximum Gasteiger partial charge on any atom is 0.164 e. The van der Waals surface area contributed by atoms with Gasteiger partial charge in [-0.25, -0.2) is 9.97 Å². The molecule has 0 aliphatic carbocycles. The molecule has 5 aromatic rings. The molecule has 0 bridgehead atoms. The van der Waals surface area contributed by atoms with Crippen LogP contribution in [0.25, 0.3) is 39.2 Å². The molecule has 0 N–H and O–H groups in total. The summed E-state index contributed by atoms with van der Waals surface area (Å²) in [6.45, 7) is 0. The summed E-state index contributed by atoms with van der Waals surface area (Å²) in [5.41, 5.74) is 6.88. The van der Waals surface area contributed by atoms with Crippen molar-refractivity contribution in [2.75, 3.05) is 0 Å². The second kappa shape index (κ2) is 6.07. The van der Waals surface area contributed by atoms with Crippen LogP contribution in [-0.4, -0.2) is 14.4 Å². The first-order valence-corrected chi connectivity index (χ1v) is 9.18. The SMILES string of the molecule is Brc1ccc(-c2cn3c(nc4ccccc43)c(-c3ccccc3)n2)cc1. The highest BCUT2D eigenvalue weighted by Gasteiger charge is 2.14. The Hall–Kier alpha value is -2.98. The van der Waals surface area contributed by atoms with Gasteiger partial charge in [0.15, 0.2) is 5.65 Å². The van der Waals surface area contributed by atoms with Crippen molar-refractivity contribution >= 4 is 32.6 Å². The third kappa shape index (κ3) is 2.50. The molecule has 0 spiro atoms. The molecule has 0 unspecified atom stereocenters. The Bertz CT molecular complexity index is 1230. The molecule has 4 heteroatoms. The largest absolute Gasteiger partial charge is 0.296 e. The Morgan fingerprint density at radius 2 is 1.42 bits per heavy atom. The predicted molar refractivity (Wildman–Crippen MR) is 109 cm³/mol. The zero-order valence-corrected chi connectivity index (χ0v) is 15.4. The fraction of sp³-hybridized carbons (Fsp3) is 0. The molecule has 0 aliphatic heterocycles. The van der Waals surface area contributed by atoms with Crippen molar-refractivity contribution in [2.24, 2.45) is 0 Å². The van der Waals surface area contributed by atoms with E-state index in [1.807, 2.05) is 48.5 Å². The lowest BCUT2D eigenvalue weighted by atomic mass is 10.1. The molecule has 0 saturated heterocycles. The summed E-state index contributed by atoms with van der Waals surface area (Å²) in [6, 6.07) is 26.6. The van der Waals surface area contributed by atoms with E-state index in [0.29, 0.717) is 0 Å². The number of hydrogen-bond acceptors (Lipinski definition) is 2. The third-order valence-electron chi connectivity index (χ3n) is 4.48. The zero-order valence-electron chi connectivity index (χ0n) is 13.8. The van der Waals surface area contributed by atoms with Gasteiger partial charge in [-0.1, -0.05) is 70.5 Å². The van der Waals surface area contributed by atoms with Gasteiger partial charge in [0.1, 0.15) is 5.69 Å². The Kier molecular flexibility index (Phi) is 3.57. The minimum atomic E-state index is 0.873. The number of aromatic nitrogens is 3. The van der Waals surface area contributed by atoms with E-state index in [-0.39, 0.29) is 0 Å². The standard InChI is InChI=1S/C22H14BrN3/c23-17-12-10-15(11-13-17)19-14-26-20-9-5-4-8-18(20)25-22(26)21(24-19)16-6-2-1-3-7-16/h1-14H. The number of hydrogen-bond donors (Lipinski definition) is 0. The van der Waals surface area contributed by atoms with Crippen molar-refractivity contribution in [3.8, 4) is 22.5 Å². The second-order valence-electron chi connectivity index (χ2n) is 6.14. The van der Waals surface area contributed by atoms with Gasteiger partial charge < -0.3 is 0 Å². The summed E-state index contributed by atoms with van der Waals surface area (Å²) < 4.78 is 3.20. The molecular formula is C22H14BrN3. The molecule has 26 heavy (non-hydrogen) atoms. The van der Waals surface area contributed by atoms with Gasteiger partial charge in [0.05, 0.1) is 16.7 Å². The monoisotopic (exact) mass is 399 g/mol. The van der Waals surface area contributed by atoms with E-state index in [0.717, 1.165) is 43.7 Å². The lowest BCUT2D eigenvalue weighted by Crippen LogP contribution is -1.96. The Labute approximate surface area is 159 Å². The van der Waals surface area contributed by atoms with E-state index in [1.54, 1.807) is 0 Å². The van der Waals surface area contributed by atoms with E-state index in [9.17, 15) is 0 Å². The molecule has 0 radical (unpaired) electrons. The smallest absolute Gasteiger partial charge is 0.164 e. The number of para-hydroxylation sites is 2. The quantitative estimate of drug-likeness (QED) is 0.365. The number of rotatable bonds is 2.